The van der Waals surface area contributed by atoms with Crippen LogP contribution in [0.5, 0.6) is 0 Å². The first-order valence-corrected chi connectivity index (χ1v) is 6.24. The van der Waals surface area contributed by atoms with Crippen LogP contribution in [0.3, 0.4) is 0 Å². The lowest BCUT2D eigenvalue weighted by Gasteiger charge is -2.03. The molecule has 0 aliphatic heterocycles. The van der Waals surface area contributed by atoms with Crippen LogP contribution in [0.4, 0.5) is 11.5 Å². The number of benzene rings is 1. The SMILES string of the molecule is Cc1cc(NCCCc2ccc(N)cc2)nn1C. The number of aromatic nitrogens is 2. The summed E-state index contributed by atoms with van der Waals surface area (Å²) in [5, 5.41) is 7.69. The molecule has 1 aromatic heterocycles. The maximum Gasteiger partial charge on any atom is 0.148 e. The van der Waals surface area contributed by atoms with E-state index in [1.54, 1.807) is 0 Å². The molecule has 0 radical (unpaired) electrons. The van der Waals surface area contributed by atoms with Crippen molar-refractivity contribution < 1.29 is 0 Å². The van der Waals surface area contributed by atoms with E-state index in [0.717, 1.165) is 36.6 Å². The van der Waals surface area contributed by atoms with Crippen LogP contribution >= 0.6 is 0 Å². The standard InChI is InChI=1S/C14H20N4/c1-11-10-14(17-18(11)2)16-9-3-4-12-5-7-13(15)8-6-12/h5-8,10H,3-4,9,15H2,1-2H3,(H,16,17). The van der Waals surface area contributed by atoms with E-state index in [1.807, 2.05) is 30.8 Å². The molecule has 0 aliphatic carbocycles. The number of hydrogen-bond donors (Lipinski definition) is 2. The van der Waals surface area contributed by atoms with E-state index < -0.39 is 0 Å². The Morgan fingerprint density at radius 3 is 2.61 bits per heavy atom. The Morgan fingerprint density at radius 1 is 1.28 bits per heavy atom. The zero-order valence-corrected chi connectivity index (χ0v) is 11.0. The van der Waals surface area contributed by atoms with E-state index in [0.29, 0.717) is 0 Å². The number of nitrogen functional groups attached to an aromatic ring is 1. The second kappa shape index (κ2) is 5.58. The molecule has 0 unspecified atom stereocenters. The zero-order chi connectivity index (χ0) is 13.0. The van der Waals surface area contributed by atoms with Crippen LogP contribution in [-0.2, 0) is 13.5 Å². The molecule has 0 aliphatic rings. The number of hydrogen-bond acceptors (Lipinski definition) is 3. The molecule has 4 nitrogen and oxygen atoms in total. The third kappa shape index (κ3) is 3.26. The van der Waals surface area contributed by atoms with Crippen LogP contribution in [0.25, 0.3) is 0 Å². The summed E-state index contributed by atoms with van der Waals surface area (Å²) < 4.78 is 1.88. The summed E-state index contributed by atoms with van der Waals surface area (Å²) in [5.41, 5.74) is 8.96. The smallest absolute Gasteiger partial charge is 0.148 e. The summed E-state index contributed by atoms with van der Waals surface area (Å²) in [5.74, 6) is 0.951. The van der Waals surface area contributed by atoms with Gasteiger partial charge in [0.2, 0.25) is 0 Å². The van der Waals surface area contributed by atoms with E-state index >= 15 is 0 Å². The van der Waals surface area contributed by atoms with E-state index in [4.69, 9.17) is 5.73 Å². The van der Waals surface area contributed by atoms with E-state index in [-0.39, 0.29) is 0 Å². The first kappa shape index (κ1) is 12.5. The van der Waals surface area contributed by atoms with Crippen molar-refractivity contribution in [1.82, 2.24) is 9.78 Å². The summed E-state index contributed by atoms with van der Waals surface area (Å²) in [6.07, 6.45) is 2.14. The van der Waals surface area contributed by atoms with Gasteiger partial charge < -0.3 is 11.1 Å². The maximum absolute atomic E-state index is 5.65. The first-order chi connectivity index (χ1) is 8.65. The number of nitrogens with one attached hydrogen (secondary N) is 1. The lowest BCUT2D eigenvalue weighted by atomic mass is 10.1. The minimum Gasteiger partial charge on any atom is -0.399 e. The van der Waals surface area contributed by atoms with Crippen LogP contribution in [-0.4, -0.2) is 16.3 Å². The first-order valence-electron chi connectivity index (χ1n) is 6.24. The monoisotopic (exact) mass is 244 g/mol. The number of nitrogens with two attached hydrogens (primary N) is 1. The van der Waals surface area contributed by atoms with Crippen LogP contribution in [0.15, 0.2) is 30.3 Å². The Hall–Kier alpha value is -1.97. The molecule has 0 amide bonds. The van der Waals surface area contributed by atoms with Crippen LogP contribution < -0.4 is 11.1 Å². The largest absolute Gasteiger partial charge is 0.399 e. The van der Waals surface area contributed by atoms with Crippen molar-refractivity contribution in [1.29, 1.82) is 0 Å². The lowest BCUT2D eigenvalue weighted by Crippen LogP contribution is -2.04. The van der Waals surface area contributed by atoms with Crippen molar-refractivity contribution in [2.24, 2.45) is 7.05 Å². The van der Waals surface area contributed by atoms with Crippen molar-refractivity contribution in [2.45, 2.75) is 19.8 Å². The van der Waals surface area contributed by atoms with E-state index in [2.05, 4.69) is 28.6 Å². The Bertz CT molecular complexity index is 480. The molecule has 3 N–H and O–H groups in total. The van der Waals surface area contributed by atoms with Crippen molar-refractivity contribution >= 4 is 11.5 Å². The van der Waals surface area contributed by atoms with Gasteiger partial charge in [-0.3, -0.25) is 4.68 Å². The van der Waals surface area contributed by atoms with Gasteiger partial charge in [-0.2, -0.15) is 5.10 Å². The molecule has 4 heteroatoms. The van der Waals surface area contributed by atoms with E-state index in [9.17, 15) is 0 Å². The van der Waals surface area contributed by atoms with Gasteiger partial charge >= 0.3 is 0 Å². The molecule has 0 atom stereocenters. The predicted molar refractivity (Wildman–Crippen MR) is 75.6 cm³/mol. The Labute approximate surface area is 108 Å². The van der Waals surface area contributed by atoms with Gasteiger partial charge in [0.15, 0.2) is 0 Å². The highest BCUT2D eigenvalue weighted by Crippen LogP contribution is 2.09. The van der Waals surface area contributed by atoms with Crippen molar-refractivity contribution in [3.8, 4) is 0 Å². The third-order valence-corrected chi connectivity index (χ3v) is 3.04. The summed E-state index contributed by atoms with van der Waals surface area (Å²) in [6.45, 7) is 2.98. The van der Waals surface area contributed by atoms with E-state index in [1.165, 1.54) is 5.56 Å². The highest BCUT2D eigenvalue weighted by atomic mass is 15.3. The van der Waals surface area contributed by atoms with Gasteiger partial charge in [-0.1, -0.05) is 12.1 Å². The van der Waals surface area contributed by atoms with Gasteiger partial charge in [0.1, 0.15) is 5.82 Å². The third-order valence-electron chi connectivity index (χ3n) is 3.04. The molecular weight excluding hydrogens is 224 g/mol. The molecule has 0 bridgehead atoms. The van der Waals surface area contributed by atoms with Gasteiger partial charge in [0.05, 0.1) is 0 Å². The van der Waals surface area contributed by atoms with Crippen molar-refractivity contribution in [3.63, 3.8) is 0 Å². The molecule has 2 aromatic rings. The number of anilines is 2. The quantitative estimate of drug-likeness (QED) is 0.627. The summed E-state index contributed by atoms with van der Waals surface area (Å²) >= 11 is 0. The average molecular weight is 244 g/mol. The molecule has 0 spiro atoms. The van der Waals surface area contributed by atoms with Crippen molar-refractivity contribution in [3.05, 3.63) is 41.6 Å². The highest BCUT2D eigenvalue weighted by Gasteiger charge is 1.99. The second-order valence-electron chi connectivity index (χ2n) is 4.57. The summed E-state index contributed by atoms with van der Waals surface area (Å²) in [6, 6.07) is 10.1. The molecule has 0 saturated carbocycles. The maximum atomic E-state index is 5.65. The van der Waals surface area contributed by atoms with Crippen molar-refractivity contribution in [2.75, 3.05) is 17.6 Å². The second-order valence-corrected chi connectivity index (χ2v) is 4.57. The number of rotatable bonds is 5. The zero-order valence-electron chi connectivity index (χ0n) is 11.0. The fourth-order valence-electron chi connectivity index (χ4n) is 1.84. The number of aryl methyl sites for hydroxylation is 3. The molecule has 1 heterocycles. The minimum absolute atomic E-state index is 0.820. The fraction of sp³-hybridized carbons (Fsp3) is 0.357. The van der Waals surface area contributed by atoms with Crippen LogP contribution in [0.1, 0.15) is 17.7 Å². The highest BCUT2D eigenvalue weighted by molar-refractivity contribution is 5.39. The fourth-order valence-corrected chi connectivity index (χ4v) is 1.84. The summed E-state index contributed by atoms with van der Waals surface area (Å²) in [4.78, 5) is 0. The van der Waals surface area contributed by atoms with Crippen LogP contribution in [0, 0.1) is 6.92 Å². The molecule has 0 saturated heterocycles. The molecule has 18 heavy (non-hydrogen) atoms. The Balaban J connectivity index is 1.74. The van der Waals surface area contributed by atoms with Gasteiger partial charge in [-0.15, -0.1) is 0 Å². The average Bonchev–Trinajstić information content (AvgIpc) is 2.67. The number of nitrogens with zero attached hydrogens (tertiary/aromatic N) is 2. The predicted octanol–water partition coefficient (Wildman–Crippen LogP) is 2.36. The Kier molecular flexibility index (Phi) is 3.87. The van der Waals surface area contributed by atoms with Gasteiger partial charge in [0, 0.05) is 31.0 Å². The van der Waals surface area contributed by atoms with Gasteiger partial charge in [0.25, 0.3) is 0 Å². The summed E-state index contributed by atoms with van der Waals surface area (Å²) in [7, 11) is 1.95. The molecule has 0 fully saturated rings. The van der Waals surface area contributed by atoms with Gasteiger partial charge in [-0.05, 0) is 37.5 Å². The van der Waals surface area contributed by atoms with Crippen LogP contribution in [0.2, 0.25) is 0 Å². The minimum atomic E-state index is 0.820. The molecular formula is C14H20N4. The molecule has 96 valence electrons. The molecule has 2 rings (SSSR count). The normalized spacial score (nSPS) is 10.6. The molecule has 1 aromatic carbocycles. The van der Waals surface area contributed by atoms with Gasteiger partial charge in [-0.25, -0.2) is 0 Å². The lowest BCUT2D eigenvalue weighted by molar-refractivity contribution is 0.739. The Morgan fingerprint density at radius 2 is 2.00 bits per heavy atom. The topological polar surface area (TPSA) is 55.9 Å².